The van der Waals surface area contributed by atoms with E-state index in [1.54, 1.807) is 36.4 Å². The smallest absolute Gasteiger partial charge is 0.237 e. The molecule has 0 unspecified atom stereocenters. The molecule has 0 radical (unpaired) electrons. The predicted octanol–water partition coefficient (Wildman–Crippen LogP) is 4.35. The Labute approximate surface area is 129 Å². The molecule has 7 heteroatoms. The van der Waals surface area contributed by atoms with Crippen molar-refractivity contribution < 1.29 is 13.2 Å². The first-order chi connectivity index (χ1) is 10.3. The number of nitrogens with zero attached hydrogens (tertiary/aromatic N) is 2. The third-order valence-electron chi connectivity index (χ3n) is 2.25. The molecule has 0 N–H and O–H groups in total. The first kappa shape index (κ1) is 15.3. The normalized spacial score (nSPS) is 9.52. The number of hydrogen-bond donors (Lipinski definition) is 0. The van der Waals surface area contributed by atoms with Crippen molar-refractivity contribution in [2.24, 2.45) is 9.98 Å². The molecule has 21 heavy (non-hydrogen) atoms. The van der Waals surface area contributed by atoms with Crippen LogP contribution in [0.25, 0.3) is 0 Å². The van der Waals surface area contributed by atoms with Gasteiger partial charge in [-0.2, -0.15) is 9.98 Å². The highest BCUT2D eigenvalue weighted by molar-refractivity contribution is 8.07. The molecule has 0 spiro atoms. The van der Waals surface area contributed by atoms with Crippen LogP contribution in [0.15, 0.2) is 68.3 Å². The molecular weight excluding hydrogens is 308 g/mol. The number of isocyanates is 2. The molecule has 5 nitrogen and oxygen atoms in total. The van der Waals surface area contributed by atoms with Gasteiger partial charge in [0.2, 0.25) is 12.2 Å². The van der Waals surface area contributed by atoms with Crippen molar-refractivity contribution >= 4 is 47.6 Å². The van der Waals surface area contributed by atoms with E-state index in [0.29, 0.717) is 11.4 Å². The largest absolute Gasteiger partial charge is 0.240 e. The Morgan fingerprint density at radius 3 is 1.71 bits per heavy atom. The molecule has 0 aliphatic rings. The molecule has 0 aliphatic carbocycles. The number of carbonyl (C=O) groups excluding carboxylic acids is 2. The van der Waals surface area contributed by atoms with Crippen molar-refractivity contribution in [2.75, 3.05) is 0 Å². The minimum Gasteiger partial charge on any atom is -0.237 e. The minimum atomic E-state index is 0.519. The van der Waals surface area contributed by atoms with E-state index in [1.165, 1.54) is 12.2 Å². The summed E-state index contributed by atoms with van der Waals surface area (Å²) < 4.78 is 5.42. The fourth-order valence-electron chi connectivity index (χ4n) is 1.41. The summed E-state index contributed by atoms with van der Waals surface area (Å²) in [5, 5.41) is 0. The first-order valence-corrected chi connectivity index (χ1v) is 7.17. The highest BCUT2D eigenvalue weighted by Gasteiger charge is 2.00. The van der Waals surface area contributed by atoms with Crippen LogP contribution in [0.1, 0.15) is 0 Å². The third kappa shape index (κ3) is 5.04. The van der Waals surface area contributed by atoms with Gasteiger partial charge in [-0.15, -0.1) is 0 Å². The van der Waals surface area contributed by atoms with Crippen molar-refractivity contribution in [3.05, 3.63) is 48.5 Å². The van der Waals surface area contributed by atoms with E-state index in [0.717, 1.165) is 33.9 Å². The molecule has 0 saturated heterocycles. The van der Waals surface area contributed by atoms with Gasteiger partial charge in [0.25, 0.3) is 0 Å². The molecule has 2 rings (SSSR count). The van der Waals surface area contributed by atoms with Gasteiger partial charge < -0.3 is 0 Å². The van der Waals surface area contributed by atoms with Crippen LogP contribution in [-0.2, 0) is 13.2 Å². The number of rotatable bonds is 6. The van der Waals surface area contributed by atoms with Crippen LogP contribution in [0.2, 0.25) is 0 Å². The van der Waals surface area contributed by atoms with Crippen LogP contribution in [0, 0.1) is 0 Å². The average Bonchev–Trinajstić information content (AvgIpc) is 2.49. The molecule has 2 aromatic carbocycles. The van der Waals surface area contributed by atoms with Crippen molar-refractivity contribution in [1.29, 1.82) is 0 Å². The van der Waals surface area contributed by atoms with E-state index in [1.807, 2.05) is 12.1 Å². The van der Waals surface area contributed by atoms with Gasteiger partial charge in [0.1, 0.15) is 0 Å². The Hall–Kier alpha value is -2.14. The molecule has 0 aliphatic heterocycles. The maximum absolute atomic E-state index is 10.2. The van der Waals surface area contributed by atoms with Crippen LogP contribution >= 0.6 is 24.1 Å². The van der Waals surface area contributed by atoms with Crippen LogP contribution in [0.3, 0.4) is 0 Å². The second kappa shape index (κ2) is 8.21. The summed E-state index contributed by atoms with van der Waals surface area (Å²) in [5.41, 5.74) is 1.04. The SMILES string of the molecule is O=C=Nc1cccc(SOSc2cccc(N=C=O)c2)c1. The predicted molar refractivity (Wildman–Crippen MR) is 81.2 cm³/mol. The third-order valence-corrected chi connectivity index (χ3v) is 3.68. The van der Waals surface area contributed by atoms with Gasteiger partial charge >= 0.3 is 0 Å². The summed E-state index contributed by atoms with van der Waals surface area (Å²) in [6, 6.07) is 14.0. The van der Waals surface area contributed by atoms with Gasteiger partial charge in [-0.05, 0) is 36.4 Å². The lowest BCUT2D eigenvalue weighted by atomic mass is 10.3. The quantitative estimate of drug-likeness (QED) is 0.450. The zero-order valence-electron chi connectivity index (χ0n) is 10.6. The zero-order valence-corrected chi connectivity index (χ0v) is 12.2. The summed E-state index contributed by atoms with van der Waals surface area (Å²) in [6.45, 7) is 0. The Balaban J connectivity index is 1.95. The molecule has 0 bridgehead atoms. The van der Waals surface area contributed by atoms with Gasteiger partial charge in [-0.3, -0.25) is 0 Å². The maximum atomic E-state index is 10.2. The van der Waals surface area contributed by atoms with Crippen molar-refractivity contribution in [3.63, 3.8) is 0 Å². The van der Waals surface area contributed by atoms with Crippen LogP contribution in [0.4, 0.5) is 11.4 Å². The van der Waals surface area contributed by atoms with Gasteiger partial charge in [-0.1, -0.05) is 12.1 Å². The Bertz CT molecular complexity index is 662. The van der Waals surface area contributed by atoms with Gasteiger partial charge in [0, 0.05) is 33.9 Å². The fraction of sp³-hybridized carbons (Fsp3) is 0. The molecule has 0 saturated carbocycles. The molecule has 0 fully saturated rings. The summed E-state index contributed by atoms with van der Waals surface area (Å²) in [6.07, 6.45) is 2.98. The lowest BCUT2D eigenvalue weighted by Gasteiger charge is -2.02. The van der Waals surface area contributed by atoms with Crippen LogP contribution in [-0.4, -0.2) is 12.2 Å². The van der Waals surface area contributed by atoms with Crippen molar-refractivity contribution in [3.8, 4) is 0 Å². The molecule has 2 aromatic rings. The highest BCUT2D eigenvalue weighted by atomic mass is 32.2. The highest BCUT2D eigenvalue weighted by Crippen LogP contribution is 2.32. The number of aliphatic imine (C=N–C) groups is 2. The van der Waals surface area contributed by atoms with Gasteiger partial charge in [0.15, 0.2) is 0 Å². The van der Waals surface area contributed by atoms with Crippen LogP contribution in [0.5, 0.6) is 0 Å². The average molecular weight is 316 g/mol. The standard InChI is InChI=1S/C14H8N2O3S2/c17-9-15-11-3-1-5-13(7-11)20-19-21-14-6-2-4-12(8-14)16-10-18/h1-8H. The minimum absolute atomic E-state index is 0.519. The molecule has 104 valence electrons. The van der Waals surface area contributed by atoms with E-state index in [9.17, 15) is 9.59 Å². The van der Waals surface area contributed by atoms with Crippen LogP contribution < -0.4 is 0 Å². The molecular formula is C14H8N2O3S2. The molecule has 0 heterocycles. The fourth-order valence-corrected chi connectivity index (χ4v) is 2.78. The second-order valence-corrected chi connectivity index (χ2v) is 5.46. The van der Waals surface area contributed by atoms with E-state index < -0.39 is 0 Å². The summed E-state index contributed by atoms with van der Waals surface area (Å²) in [5.74, 6) is 0. The second-order valence-electron chi connectivity index (χ2n) is 3.64. The van der Waals surface area contributed by atoms with Gasteiger partial charge in [-0.25, -0.2) is 13.2 Å². The molecule has 0 atom stereocenters. The summed E-state index contributed by atoms with van der Waals surface area (Å²) in [7, 11) is 0. The summed E-state index contributed by atoms with van der Waals surface area (Å²) >= 11 is 2.28. The lowest BCUT2D eigenvalue weighted by molar-refractivity contribution is 0.564. The van der Waals surface area contributed by atoms with E-state index in [4.69, 9.17) is 3.63 Å². The first-order valence-electron chi connectivity index (χ1n) is 5.69. The number of hydrogen-bond acceptors (Lipinski definition) is 7. The van der Waals surface area contributed by atoms with Gasteiger partial charge in [0.05, 0.1) is 11.4 Å². The zero-order chi connectivity index (χ0) is 14.9. The monoisotopic (exact) mass is 316 g/mol. The van der Waals surface area contributed by atoms with E-state index in [2.05, 4.69) is 9.98 Å². The molecule has 0 amide bonds. The Morgan fingerprint density at radius 2 is 1.29 bits per heavy atom. The lowest BCUT2D eigenvalue weighted by Crippen LogP contribution is -1.74. The van der Waals surface area contributed by atoms with Crippen molar-refractivity contribution in [2.45, 2.75) is 9.79 Å². The van der Waals surface area contributed by atoms with E-state index >= 15 is 0 Å². The molecule has 0 aromatic heterocycles. The summed E-state index contributed by atoms with van der Waals surface area (Å²) in [4.78, 5) is 29.1. The van der Waals surface area contributed by atoms with Crippen molar-refractivity contribution in [1.82, 2.24) is 0 Å². The number of benzene rings is 2. The Kier molecular flexibility index (Phi) is 5.97. The topological polar surface area (TPSA) is 68.1 Å². The van der Waals surface area contributed by atoms with E-state index in [-0.39, 0.29) is 0 Å². The Morgan fingerprint density at radius 1 is 0.810 bits per heavy atom. The maximum Gasteiger partial charge on any atom is 0.240 e.